The molecular formula is C22H20ClF3N2O3S. The molecule has 1 N–H and O–H groups in total. The zero-order chi connectivity index (χ0) is 23.1. The van der Waals surface area contributed by atoms with Crippen molar-refractivity contribution in [2.75, 3.05) is 24.9 Å². The smallest absolute Gasteiger partial charge is 0.419 e. The number of nitrogens with zero attached hydrogens (tertiary/aromatic N) is 1. The van der Waals surface area contributed by atoms with Crippen LogP contribution in [0.2, 0.25) is 5.02 Å². The third-order valence-electron chi connectivity index (χ3n) is 5.29. The van der Waals surface area contributed by atoms with E-state index in [4.69, 9.17) is 16.3 Å². The number of rotatable bonds is 5. The second-order valence-corrected chi connectivity index (χ2v) is 9.82. The minimum atomic E-state index is -4.63. The van der Waals surface area contributed by atoms with Gasteiger partial charge in [-0.25, -0.2) is 8.42 Å². The van der Waals surface area contributed by atoms with Crippen LogP contribution in [0.5, 0.6) is 5.75 Å². The highest BCUT2D eigenvalue weighted by atomic mass is 35.5. The average Bonchev–Trinajstić information content (AvgIpc) is 3.11. The molecule has 0 amide bonds. The zero-order valence-corrected chi connectivity index (χ0v) is 18.6. The Morgan fingerprint density at radius 1 is 1.12 bits per heavy atom. The fourth-order valence-corrected chi connectivity index (χ4v) is 5.02. The first kappa shape index (κ1) is 22.7. The van der Waals surface area contributed by atoms with Crippen LogP contribution in [0, 0.1) is 0 Å². The summed E-state index contributed by atoms with van der Waals surface area (Å²) in [5, 5.41) is 1.81. The number of benzene rings is 3. The standard InChI is InChI=1S/C22H20ClF3N2O3S/c1-28-10-9-16(13-28)31-21-12-15(5-8-19(21)22(24,25)26)27-32(29,30)17-6-7-18-14(11-17)3-2-4-20(18)23/h2-8,11-12,16,27H,9-10,13H2,1H3/t16-/m1/s1. The maximum Gasteiger partial charge on any atom is 0.419 e. The normalized spacial score (nSPS) is 17.6. The molecule has 1 atom stereocenters. The first-order valence-corrected chi connectivity index (χ1v) is 11.7. The largest absolute Gasteiger partial charge is 0.488 e. The van der Waals surface area contributed by atoms with Crippen molar-refractivity contribution in [2.24, 2.45) is 0 Å². The van der Waals surface area contributed by atoms with Crippen molar-refractivity contribution >= 4 is 38.1 Å². The van der Waals surface area contributed by atoms with Crippen molar-refractivity contribution in [3.8, 4) is 5.75 Å². The third-order valence-corrected chi connectivity index (χ3v) is 7.00. The Balaban J connectivity index is 1.65. The molecule has 0 aromatic heterocycles. The number of likely N-dealkylation sites (N-methyl/N-ethyl adjacent to an activating group) is 1. The maximum absolute atomic E-state index is 13.5. The summed E-state index contributed by atoms with van der Waals surface area (Å²) in [4.78, 5) is 1.92. The van der Waals surface area contributed by atoms with Gasteiger partial charge in [-0.15, -0.1) is 0 Å². The van der Waals surface area contributed by atoms with Gasteiger partial charge in [0.15, 0.2) is 0 Å². The van der Waals surface area contributed by atoms with Crippen LogP contribution in [0.3, 0.4) is 0 Å². The number of hydrogen-bond donors (Lipinski definition) is 1. The molecule has 4 rings (SSSR count). The summed E-state index contributed by atoms with van der Waals surface area (Å²) in [6.45, 7) is 1.21. The molecule has 170 valence electrons. The molecule has 0 spiro atoms. The summed E-state index contributed by atoms with van der Waals surface area (Å²) in [5.41, 5.74) is -0.971. The fraction of sp³-hybridized carbons (Fsp3) is 0.273. The number of hydrogen-bond acceptors (Lipinski definition) is 4. The lowest BCUT2D eigenvalue weighted by atomic mass is 10.1. The summed E-state index contributed by atoms with van der Waals surface area (Å²) in [6.07, 6.45) is -4.45. The van der Waals surface area contributed by atoms with Gasteiger partial charge in [-0.3, -0.25) is 4.72 Å². The molecule has 1 aliphatic heterocycles. The van der Waals surface area contributed by atoms with E-state index in [1.165, 1.54) is 12.1 Å². The Bertz CT molecular complexity index is 1270. The highest BCUT2D eigenvalue weighted by molar-refractivity contribution is 7.92. The minimum Gasteiger partial charge on any atom is -0.488 e. The summed E-state index contributed by atoms with van der Waals surface area (Å²) in [7, 11) is -2.20. The minimum absolute atomic E-state index is 0.0226. The maximum atomic E-state index is 13.5. The van der Waals surface area contributed by atoms with Crippen LogP contribution in [0.1, 0.15) is 12.0 Å². The molecule has 0 saturated carbocycles. The molecule has 1 fully saturated rings. The Labute approximate surface area is 188 Å². The Hall–Kier alpha value is -2.49. The van der Waals surface area contributed by atoms with E-state index in [-0.39, 0.29) is 10.6 Å². The van der Waals surface area contributed by atoms with Gasteiger partial charge in [0.2, 0.25) is 0 Å². The predicted octanol–water partition coefficient (Wildman–Crippen LogP) is 5.40. The molecule has 1 aliphatic rings. The van der Waals surface area contributed by atoms with Crippen molar-refractivity contribution in [1.82, 2.24) is 4.90 Å². The van der Waals surface area contributed by atoms with Crippen LogP contribution >= 0.6 is 11.6 Å². The number of sulfonamides is 1. The fourth-order valence-electron chi connectivity index (χ4n) is 3.69. The number of fused-ring (bicyclic) bond motifs is 1. The van der Waals surface area contributed by atoms with Crippen LogP contribution < -0.4 is 9.46 Å². The van der Waals surface area contributed by atoms with E-state index < -0.39 is 33.6 Å². The van der Waals surface area contributed by atoms with Crippen LogP contribution in [0.15, 0.2) is 59.5 Å². The lowest BCUT2D eigenvalue weighted by Gasteiger charge is -2.19. The Morgan fingerprint density at radius 3 is 2.59 bits per heavy atom. The van der Waals surface area contributed by atoms with Gasteiger partial charge in [-0.05, 0) is 49.2 Å². The average molecular weight is 485 g/mol. The van der Waals surface area contributed by atoms with Gasteiger partial charge in [-0.1, -0.05) is 29.8 Å². The SMILES string of the molecule is CN1CC[C@@H](Oc2cc(NS(=O)(=O)c3ccc4c(Cl)cccc4c3)ccc2C(F)(F)F)C1. The van der Waals surface area contributed by atoms with E-state index in [1.807, 2.05) is 11.9 Å². The lowest BCUT2D eigenvalue weighted by Crippen LogP contribution is -2.23. The summed E-state index contributed by atoms with van der Waals surface area (Å²) >= 11 is 6.13. The molecule has 0 radical (unpaired) electrons. The van der Waals surface area contributed by atoms with Gasteiger partial charge >= 0.3 is 6.18 Å². The number of likely N-dealkylation sites (tertiary alicyclic amines) is 1. The lowest BCUT2D eigenvalue weighted by molar-refractivity contribution is -0.139. The van der Waals surface area contributed by atoms with Gasteiger partial charge in [-0.2, -0.15) is 13.2 Å². The summed E-state index contributed by atoms with van der Waals surface area (Å²) in [5.74, 6) is -0.400. The Kier molecular flexibility index (Phi) is 6.00. The molecule has 3 aromatic carbocycles. The number of anilines is 1. The molecule has 1 saturated heterocycles. The zero-order valence-electron chi connectivity index (χ0n) is 17.0. The van der Waals surface area contributed by atoms with Crippen molar-refractivity contribution in [3.63, 3.8) is 0 Å². The molecule has 0 bridgehead atoms. The van der Waals surface area contributed by atoms with Crippen LogP contribution in [0.25, 0.3) is 10.8 Å². The monoisotopic (exact) mass is 484 g/mol. The second-order valence-electron chi connectivity index (χ2n) is 7.73. The molecule has 10 heteroatoms. The summed E-state index contributed by atoms with van der Waals surface area (Å²) < 4.78 is 74.2. The van der Waals surface area contributed by atoms with E-state index in [0.717, 1.165) is 18.2 Å². The predicted molar refractivity (Wildman–Crippen MR) is 118 cm³/mol. The van der Waals surface area contributed by atoms with Crippen LogP contribution in [0.4, 0.5) is 18.9 Å². The van der Waals surface area contributed by atoms with E-state index >= 15 is 0 Å². The van der Waals surface area contributed by atoms with Gasteiger partial charge in [0.1, 0.15) is 11.9 Å². The topological polar surface area (TPSA) is 58.6 Å². The van der Waals surface area contributed by atoms with Gasteiger partial charge in [0.25, 0.3) is 10.0 Å². The highest BCUT2D eigenvalue weighted by Gasteiger charge is 2.36. The van der Waals surface area contributed by atoms with E-state index in [0.29, 0.717) is 35.3 Å². The van der Waals surface area contributed by atoms with E-state index in [1.54, 1.807) is 24.3 Å². The number of ether oxygens (including phenoxy) is 1. The second kappa shape index (κ2) is 8.46. The molecular weight excluding hydrogens is 465 g/mol. The Morgan fingerprint density at radius 2 is 1.91 bits per heavy atom. The first-order valence-electron chi connectivity index (χ1n) is 9.80. The molecule has 5 nitrogen and oxygen atoms in total. The van der Waals surface area contributed by atoms with Crippen molar-refractivity contribution in [1.29, 1.82) is 0 Å². The number of nitrogens with one attached hydrogen (secondary N) is 1. The third kappa shape index (κ3) is 4.79. The first-order chi connectivity index (χ1) is 15.0. The van der Waals surface area contributed by atoms with Gasteiger partial charge in [0.05, 0.1) is 16.1 Å². The summed E-state index contributed by atoms with van der Waals surface area (Å²) in [6, 6.07) is 12.5. The van der Waals surface area contributed by atoms with Crippen molar-refractivity contribution in [3.05, 3.63) is 65.2 Å². The van der Waals surface area contributed by atoms with E-state index in [9.17, 15) is 21.6 Å². The highest BCUT2D eigenvalue weighted by Crippen LogP contribution is 2.39. The van der Waals surface area contributed by atoms with Gasteiger partial charge < -0.3 is 9.64 Å². The molecule has 32 heavy (non-hydrogen) atoms. The van der Waals surface area contributed by atoms with Crippen molar-refractivity contribution < 1.29 is 26.3 Å². The van der Waals surface area contributed by atoms with Crippen molar-refractivity contribution in [2.45, 2.75) is 23.6 Å². The molecule has 0 aliphatic carbocycles. The molecule has 1 heterocycles. The van der Waals surface area contributed by atoms with Gasteiger partial charge in [0, 0.05) is 29.6 Å². The molecule has 3 aromatic rings. The number of alkyl halides is 3. The van der Waals surface area contributed by atoms with E-state index in [2.05, 4.69) is 4.72 Å². The molecule has 0 unspecified atom stereocenters. The van der Waals surface area contributed by atoms with Crippen LogP contribution in [-0.2, 0) is 16.2 Å². The quantitative estimate of drug-likeness (QED) is 0.527. The van der Waals surface area contributed by atoms with Crippen LogP contribution in [-0.4, -0.2) is 39.6 Å². The number of halogens is 4.